The Morgan fingerprint density at radius 2 is 2.13 bits per heavy atom. The third-order valence-corrected chi connectivity index (χ3v) is 4.03. The predicted molar refractivity (Wildman–Crippen MR) is 87.3 cm³/mol. The number of carbonyl (C=O) groups excluding carboxylic acids is 1. The SMILES string of the molecule is CC(C)(C)OC(=O)N1C=C2C(CCN2c2ccc(N)cc2F)C1. The molecule has 1 atom stereocenters. The number of anilines is 2. The number of amides is 1. The van der Waals surface area contributed by atoms with Crippen LogP contribution in [0.4, 0.5) is 20.6 Å². The molecule has 0 aromatic heterocycles. The lowest BCUT2D eigenvalue weighted by molar-refractivity contribution is 0.0338. The van der Waals surface area contributed by atoms with E-state index in [-0.39, 0.29) is 17.8 Å². The summed E-state index contributed by atoms with van der Waals surface area (Å²) in [7, 11) is 0. The number of nitrogen functional groups attached to an aromatic ring is 1. The van der Waals surface area contributed by atoms with E-state index in [0.29, 0.717) is 17.9 Å². The van der Waals surface area contributed by atoms with Crippen molar-refractivity contribution in [3.63, 3.8) is 0 Å². The highest BCUT2D eigenvalue weighted by Gasteiger charge is 2.38. The van der Waals surface area contributed by atoms with Crippen molar-refractivity contribution < 1.29 is 13.9 Å². The molecule has 1 unspecified atom stereocenters. The first-order chi connectivity index (χ1) is 10.7. The summed E-state index contributed by atoms with van der Waals surface area (Å²) in [6.07, 6.45) is 2.30. The Labute approximate surface area is 135 Å². The molecule has 1 aromatic carbocycles. The molecule has 0 saturated carbocycles. The third-order valence-electron chi connectivity index (χ3n) is 4.03. The topological polar surface area (TPSA) is 58.8 Å². The van der Waals surface area contributed by atoms with Gasteiger partial charge < -0.3 is 15.4 Å². The fraction of sp³-hybridized carbons (Fsp3) is 0.471. The van der Waals surface area contributed by atoms with Crippen LogP contribution in [0.1, 0.15) is 27.2 Å². The van der Waals surface area contributed by atoms with E-state index in [2.05, 4.69) is 0 Å². The molecular formula is C17H22FN3O2. The molecule has 1 amide bonds. The van der Waals surface area contributed by atoms with Gasteiger partial charge in [-0.25, -0.2) is 9.18 Å². The highest BCUT2D eigenvalue weighted by Crippen LogP contribution is 2.39. The van der Waals surface area contributed by atoms with Crippen molar-refractivity contribution in [2.45, 2.75) is 32.8 Å². The average Bonchev–Trinajstić information content (AvgIpc) is 2.97. The number of benzene rings is 1. The zero-order chi connectivity index (χ0) is 16.8. The number of carbonyl (C=O) groups is 1. The molecule has 0 aliphatic carbocycles. The van der Waals surface area contributed by atoms with Crippen LogP contribution in [0.5, 0.6) is 0 Å². The lowest BCUT2D eigenvalue weighted by Gasteiger charge is -2.24. The molecule has 1 aromatic rings. The number of hydrogen-bond donors (Lipinski definition) is 1. The molecular weight excluding hydrogens is 297 g/mol. The Hall–Kier alpha value is -2.24. The van der Waals surface area contributed by atoms with Gasteiger partial charge in [0.05, 0.1) is 5.69 Å². The Bertz CT molecular complexity index is 666. The molecule has 3 rings (SSSR count). The molecule has 6 heteroatoms. The summed E-state index contributed by atoms with van der Waals surface area (Å²) in [6, 6.07) is 4.70. The molecule has 0 radical (unpaired) electrons. The van der Waals surface area contributed by atoms with E-state index in [9.17, 15) is 9.18 Å². The molecule has 2 aliphatic rings. The summed E-state index contributed by atoms with van der Waals surface area (Å²) in [5.74, 6) is -0.123. The molecule has 5 nitrogen and oxygen atoms in total. The minimum absolute atomic E-state index is 0.222. The summed E-state index contributed by atoms with van der Waals surface area (Å²) in [6.45, 7) is 6.83. The third kappa shape index (κ3) is 3.11. The molecule has 2 aliphatic heterocycles. The zero-order valence-electron chi connectivity index (χ0n) is 13.7. The van der Waals surface area contributed by atoms with Crippen molar-refractivity contribution in [1.82, 2.24) is 4.90 Å². The quantitative estimate of drug-likeness (QED) is 0.807. The van der Waals surface area contributed by atoms with Gasteiger partial charge >= 0.3 is 6.09 Å². The van der Waals surface area contributed by atoms with Gasteiger partial charge in [0.2, 0.25) is 0 Å². The fourth-order valence-corrected chi connectivity index (χ4v) is 3.04. The second-order valence-corrected chi connectivity index (χ2v) is 7.03. The number of ether oxygens (including phenoxy) is 1. The van der Waals surface area contributed by atoms with Gasteiger partial charge in [-0.05, 0) is 45.4 Å². The highest BCUT2D eigenvalue weighted by molar-refractivity contribution is 5.71. The Balaban J connectivity index is 1.82. The summed E-state index contributed by atoms with van der Waals surface area (Å²) in [4.78, 5) is 15.7. The highest BCUT2D eigenvalue weighted by atomic mass is 19.1. The van der Waals surface area contributed by atoms with Crippen molar-refractivity contribution in [3.8, 4) is 0 Å². The van der Waals surface area contributed by atoms with Gasteiger partial charge in [0.15, 0.2) is 0 Å². The molecule has 0 spiro atoms. The lowest BCUT2D eigenvalue weighted by Crippen LogP contribution is -2.33. The van der Waals surface area contributed by atoms with Crippen molar-refractivity contribution in [3.05, 3.63) is 35.9 Å². The maximum atomic E-state index is 14.2. The van der Waals surface area contributed by atoms with E-state index < -0.39 is 5.60 Å². The van der Waals surface area contributed by atoms with E-state index >= 15 is 0 Å². The fourth-order valence-electron chi connectivity index (χ4n) is 3.04. The second-order valence-electron chi connectivity index (χ2n) is 7.03. The summed E-state index contributed by atoms with van der Waals surface area (Å²) >= 11 is 0. The Morgan fingerprint density at radius 1 is 1.39 bits per heavy atom. The van der Waals surface area contributed by atoms with Gasteiger partial charge in [0, 0.05) is 36.6 Å². The van der Waals surface area contributed by atoms with Crippen LogP contribution in [0.3, 0.4) is 0 Å². The molecule has 2 heterocycles. The number of nitrogens with zero attached hydrogens (tertiary/aromatic N) is 2. The largest absolute Gasteiger partial charge is 0.443 e. The lowest BCUT2D eigenvalue weighted by atomic mass is 10.1. The van der Waals surface area contributed by atoms with Crippen molar-refractivity contribution in [2.24, 2.45) is 5.92 Å². The van der Waals surface area contributed by atoms with Crippen LogP contribution in [-0.2, 0) is 4.74 Å². The minimum Gasteiger partial charge on any atom is -0.443 e. The van der Waals surface area contributed by atoms with E-state index in [0.717, 1.165) is 18.7 Å². The van der Waals surface area contributed by atoms with Crippen molar-refractivity contribution in [1.29, 1.82) is 0 Å². The summed E-state index contributed by atoms with van der Waals surface area (Å²) in [5.41, 5.74) is 6.94. The maximum absolute atomic E-state index is 14.2. The molecule has 23 heavy (non-hydrogen) atoms. The first-order valence-corrected chi connectivity index (χ1v) is 7.78. The maximum Gasteiger partial charge on any atom is 0.414 e. The van der Waals surface area contributed by atoms with E-state index in [1.807, 2.05) is 25.7 Å². The smallest absolute Gasteiger partial charge is 0.414 e. The summed E-state index contributed by atoms with van der Waals surface area (Å²) < 4.78 is 19.6. The van der Waals surface area contributed by atoms with Gasteiger partial charge in [-0.2, -0.15) is 0 Å². The van der Waals surface area contributed by atoms with E-state index in [4.69, 9.17) is 10.5 Å². The van der Waals surface area contributed by atoms with Gasteiger partial charge in [-0.1, -0.05) is 0 Å². The van der Waals surface area contributed by atoms with Crippen LogP contribution in [0.15, 0.2) is 30.1 Å². The molecule has 124 valence electrons. The standard InChI is InChI=1S/C17H22FN3O2/c1-17(2,3)23-16(22)20-9-11-6-7-21(15(11)10-20)14-5-4-12(19)8-13(14)18/h4-5,8,10-11H,6-7,9,19H2,1-3H3. The van der Waals surface area contributed by atoms with Crippen LogP contribution in [0, 0.1) is 11.7 Å². The van der Waals surface area contributed by atoms with Crippen LogP contribution < -0.4 is 10.6 Å². The van der Waals surface area contributed by atoms with Gasteiger partial charge in [0.25, 0.3) is 0 Å². The minimum atomic E-state index is -0.532. The first-order valence-electron chi connectivity index (χ1n) is 7.78. The number of rotatable bonds is 1. The summed E-state index contributed by atoms with van der Waals surface area (Å²) in [5, 5.41) is 0. The molecule has 1 fully saturated rings. The van der Waals surface area contributed by atoms with Gasteiger partial charge in [-0.15, -0.1) is 0 Å². The van der Waals surface area contributed by atoms with E-state index in [1.54, 1.807) is 23.2 Å². The van der Waals surface area contributed by atoms with Crippen LogP contribution in [-0.4, -0.2) is 29.7 Å². The van der Waals surface area contributed by atoms with E-state index in [1.165, 1.54) is 6.07 Å². The number of fused-ring (bicyclic) bond motifs is 1. The molecule has 1 saturated heterocycles. The zero-order valence-corrected chi connectivity index (χ0v) is 13.7. The number of nitrogens with two attached hydrogens (primary N) is 1. The van der Waals surface area contributed by atoms with Crippen LogP contribution >= 0.6 is 0 Å². The van der Waals surface area contributed by atoms with Gasteiger partial charge in [-0.3, -0.25) is 4.90 Å². The second kappa shape index (κ2) is 5.44. The van der Waals surface area contributed by atoms with Crippen LogP contribution in [0.2, 0.25) is 0 Å². The van der Waals surface area contributed by atoms with Crippen molar-refractivity contribution in [2.75, 3.05) is 23.7 Å². The van der Waals surface area contributed by atoms with Crippen molar-refractivity contribution >= 4 is 17.5 Å². The average molecular weight is 319 g/mol. The predicted octanol–water partition coefficient (Wildman–Crippen LogP) is 3.33. The normalized spacial score (nSPS) is 20.5. The van der Waals surface area contributed by atoms with Gasteiger partial charge in [0.1, 0.15) is 11.4 Å². The number of hydrogen-bond acceptors (Lipinski definition) is 4. The monoisotopic (exact) mass is 319 g/mol. The Kier molecular flexibility index (Phi) is 3.70. The Morgan fingerprint density at radius 3 is 2.78 bits per heavy atom. The molecule has 0 bridgehead atoms. The first kappa shape index (κ1) is 15.6. The van der Waals surface area contributed by atoms with Crippen LogP contribution in [0.25, 0.3) is 0 Å². The number of halogens is 1. The molecule has 2 N–H and O–H groups in total.